The largest absolute Gasteiger partial charge is 0.357 e. The van der Waals surface area contributed by atoms with Gasteiger partial charge in [-0.25, -0.2) is 9.38 Å². The molecule has 0 bridgehead atoms. The van der Waals surface area contributed by atoms with Gasteiger partial charge in [0.2, 0.25) is 0 Å². The molecule has 0 aliphatic heterocycles. The van der Waals surface area contributed by atoms with Gasteiger partial charge < -0.3 is 10.6 Å². The minimum Gasteiger partial charge on any atom is -0.357 e. The molecule has 0 radical (unpaired) electrons. The van der Waals surface area contributed by atoms with Gasteiger partial charge in [0.15, 0.2) is 5.96 Å². The number of nitrogens with one attached hydrogen (secondary N) is 2. The standard InChI is InChI=1S/C17H26FN3S.HI/c1-4-19-17(21-14-7-8-15(10-14)22-3)20-11-13-6-5-12(2)16(18)9-13;/h5-6,9,14-15H,4,7-8,10-11H2,1-3H3,(H2,19,20,21);1H. The smallest absolute Gasteiger partial charge is 0.191 e. The van der Waals surface area contributed by atoms with E-state index in [9.17, 15) is 4.39 Å². The van der Waals surface area contributed by atoms with Crippen molar-refractivity contribution >= 4 is 41.7 Å². The predicted octanol–water partition coefficient (Wildman–Crippen LogP) is 4.09. The van der Waals surface area contributed by atoms with E-state index in [0.717, 1.165) is 23.3 Å². The summed E-state index contributed by atoms with van der Waals surface area (Å²) >= 11 is 1.95. The summed E-state index contributed by atoms with van der Waals surface area (Å²) in [6, 6.07) is 5.80. The first kappa shape index (κ1) is 20.5. The molecule has 0 amide bonds. The van der Waals surface area contributed by atoms with E-state index in [1.54, 1.807) is 19.1 Å². The Labute approximate surface area is 160 Å². The Balaban J connectivity index is 0.00000264. The molecular formula is C17H27FIN3S. The number of rotatable bonds is 5. The molecule has 2 atom stereocenters. The van der Waals surface area contributed by atoms with Crippen LogP contribution in [0.4, 0.5) is 4.39 Å². The van der Waals surface area contributed by atoms with Crippen LogP contribution in [-0.2, 0) is 6.54 Å². The van der Waals surface area contributed by atoms with Gasteiger partial charge in [-0.2, -0.15) is 11.8 Å². The lowest BCUT2D eigenvalue weighted by Crippen LogP contribution is -2.42. The van der Waals surface area contributed by atoms with Crippen molar-refractivity contribution in [2.45, 2.75) is 50.9 Å². The van der Waals surface area contributed by atoms with Crippen molar-refractivity contribution in [3.8, 4) is 0 Å². The quantitative estimate of drug-likeness (QED) is 0.402. The molecule has 1 aliphatic rings. The number of nitrogens with zero attached hydrogens (tertiary/aromatic N) is 1. The highest BCUT2D eigenvalue weighted by atomic mass is 127. The Morgan fingerprint density at radius 2 is 2.17 bits per heavy atom. The number of hydrogen-bond acceptors (Lipinski definition) is 2. The number of aryl methyl sites for hydroxylation is 1. The summed E-state index contributed by atoms with van der Waals surface area (Å²) in [7, 11) is 0. The van der Waals surface area contributed by atoms with Gasteiger partial charge in [-0.1, -0.05) is 12.1 Å². The Kier molecular flexibility index (Phi) is 9.27. The van der Waals surface area contributed by atoms with Crippen LogP contribution in [0.25, 0.3) is 0 Å². The van der Waals surface area contributed by atoms with E-state index in [1.165, 1.54) is 19.3 Å². The zero-order chi connectivity index (χ0) is 15.9. The molecule has 3 nitrogen and oxygen atoms in total. The first-order valence-corrected chi connectivity index (χ1v) is 9.23. The molecule has 1 fully saturated rings. The van der Waals surface area contributed by atoms with Crippen LogP contribution in [0.5, 0.6) is 0 Å². The Bertz CT molecular complexity index is 525. The summed E-state index contributed by atoms with van der Waals surface area (Å²) in [6.07, 6.45) is 5.82. The van der Waals surface area contributed by atoms with Crippen LogP contribution in [0.15, 0.2) is 23.2 Å². The number of benzene rings is 1. The molecular weight excluding hydrogens is 424 g/mol. The second-order valence-electron chi connectivity index (χ2n) is 5.79. The van der Waals surface area contributed by atoms with Crippen LogP contribution < -0.4 is 10.6 Å². The fourth-order valence-electron chi connectivity index (χ4n) is 2.70. The maximum atomic E-state index is 13.6. The summed E-state index contributed by atoms with van der Waals surface area (Å²) in [5.41, 5.74) is 1.57. The lowest BCUT2D eigenvalue weighted by Gasteiger charge is -2.17. The van der Waals surface area contributed by atoms with Gasteiger partial charge in [0.1, 0.15) is 5.82 Å². The van der Waals surface area contributed by atoms with Gasteiger partial charge in [0, 0.05) is 17.8 Å². The average molecular weight is 451 g/mol. The van der Waals surface area contributed by atoms with Crippen LogP contribution >= 0.6 is 35.7 Å². The van der Waals surface area contributed by atoms with Gasteiger partial charge in [-0.3, -0.25) is 0 Å². The molecule has 1 aromatic rings. The number of guanidine groups is 1. The molecule has 0 saturated heterocycles. The van der Waals surface area contributed by atoms with Crippen LogP contribution in [0, 0.1) is 12.7 Å². The fourth-order valence-corrected chi connectivity index (χ4v) is 3.50. The van der Waals surface area contributed by atoms with Crippen molar-refractivity contribution in [3.63, 3.8) is 0 Å². The lowest BCUT2D eigenvalue weighted by atomic mass is 10.1. The normalized spacial score (nSPS) is 21.0. The van der Waals surface area contributed by atoms with Gasteiger partial charge in [-0.15, -0.1) is 24.0 Å². The highest BCUT2D eigenvalue weighted by Crippen LogP contribution is 2.28. The maximum Gasteiger partial charge on any atom is 0.191 e. The Hall–Kier alpha value is -0.500. The molecule has 2 N–H and O–H groups in total. The van der Waals surface area contributed by atoms with E-state index in [1.807, 2.05) is 17.8 Å². The number of thioether (sulfide) groups is 1. The van der Waals surface area contributed by atoms with Gasteiger partial charge in [0.25, 0.3) is 0 Å². The number of halogens is 2. The maximum absolute atomic E-state index is 13.6. The first-order chi connectivity index (χ1) is 10.6. The third-order valence-corrected chi connectivity index (χ3v) is 5.15. The topological polar surface area (TPSA) is 36.4 Å². The third-order valence-electron chi connectivity index (χ3n) is 4.06. The molecule has 0 aromatic heterocycles. The van der Waals surface area contributed by atoms with Gasteiger partial charge in [-0.05, 0) is 56.6 Å². The molecule has 6 heteroatoms. The van der Waals surface area contributed by atoms with Crippen LogP contribution in [0.1, 0.15) is 37.3 Å². The van der Waals surface area contributed by atoms with E-state index >= 15 is 0 Å². The third kappa shape index (κ3) is 6.49. The van der Waals surface area contributed by atoms with Crippen molar-refractivity contribution in [2.24, 2.45) is 4.99 Å². The van der Waals surface area contributed by atoms with Crippen molar-refractivity contribution in [1.82, 2.24) is 10.6 Å². The van der Waals surface area contributed by atoms with Crippen molar-refractivity contribution in [2.75, 3.05) is 12.8 Å². The van der Waals surface area contributed by atoms with Crippen molar-refractivity contribution in [3.05, 3.63) is 35.1 Å². The highest BCUT2D eigenvalue weighted by molar-refractivity contribution is 14.0. The molecule has 2 unspecified atom stereocenters. The molecule has 1 aliphatic carbocycles. The van der Waals surface area contributed by atoms with E-state index in [2.05, 4.69) is 28.8 Å². The minimum absolute atomic E-state index is 0. The summed E-state index contributed by atoms with van der Waals surface area (Å²) in [4.78, 5) is 4.59. The number of aliphatic imine (C=N–C) groups is 1. The average Bonchev–Trinajstić information content (AvgIpc) is 2.96. The Morgan fingerprint density at radius 3 is 2.78 bits per heavy atom. The predicted molar refractivity (Wildman–Crippen MR) is 109 cm³/mol. The SMILES string of the molecule is CCNC(=NCc1ccc(C)c(F)c1)NC1CCC(SC)C1.I. The first-order valence-electron chi connectivity index (χ1n) is 7.95. The van der Waals surface area contributed by atoms with E-state index in [0.29, 0.717) is 18.2 Å². The van der Waals surface area contributed by atoms with Crippen molar-refractivity contribution in [1.29, 1.82) is 0 Å². The fraction of sp³-hybridized carbons (Fsp3) is 0.588. The molecule has 1 saturated carbocycles. The van der Waals surface area contributed by atoms with E-state index in [4.69, 9.17) is 0 Å². The molecule has 0 heterocycles. The molecule has 0 spiro atoms. The molecule has 130 valence electrons. The zero-order valence-electron chi connectivity index (χ0n) is 14.1. The van der Waals surface area contributed by atoms with Crippen LogP contribution in [0.2, 0.25) is 0 Å². The van der Waals surface area contributed by atoms with E-state index in [-0.39, 0.29) is 29.8 Å². The second kappa shape index (κ2) is 10.4. The van der Waals surface area contributed by atoms with E-state index < -0.39 is 0 Å². The summed E-state index contributed by atoms with van der Waals surface area (Å²) < 4.78 is 13.6. The molecule has 23 heavy (non-hydrogen) atoms. The summed E-state index contributed by atoms with van der Waals surface area (Å²) in [6.45, 7) is 5.15. The number of hydrogen-bond donors (Lipinski definition) is 2. The second-order valence-corrected chi connectivity index (χ2v) is 6.93. The minimum atomic E-state index is -0.163. The summed E-state index contributed by atoms with van der Waals surface area (Å²) in [5.74, 6) is 0.666. The highest BCUT2D eigenvalue weighted by Gasteiger charge is 2.24. The molecule has 2 rings (SSSR count). The van der Waals surface area contributed by atoms with Crippen molar-refractivity contribution < 1.29 is 4.39 Å². The van der Waals surface area contributed by atoms with Gasteiger partial charge >= 0.3 is 0 Å². The monoisotopic (exact) mass is 451 g/mol. The van der Waals surface area contributed by atoms with Crippen LogP contribution in [-0.4, -0.2) is 30.1 Å². The lowest BCUT2D eigenvalue weighted by molar-refractivity contribution is 0.612. The van der Waals surface area contributed by atoms with Crippen LogP contribution in [0.3, 0.4) is 0 Å². The Morgan fingerprint density at radius 1 is 1.39 bits per heavy atom. The molecule has 1 aromatic carbocycles. The summed E-state index contributed by atoms with van der Waals surface area (Å²) in [5, 5.41) is 7.54. The zero-order valence-corrected chi connectivity index (χ0v) is 17.2. The van der Waals surface area contributed by atoms with Gasteiger partial charge in [0.05, 0.1) is 6.54 Å².